The van der Waals surface area contributed by atoms with Crippen molar-refractivity contribution in [1.29, 1.82) is 0 Å². The van der Waals surface area contributed by atoms with E-state index in [1.807, 2.05) is 0 Å². The SMILES string of the molecule is O=C(O)/C(=C/c1ccc(F)c(-c2ccccc2Cl)c1)NC(=O)c1ccccc1. The van der Waals surface area contributed by atoms with Gasteiger partial charge in [0, 0.05) is 21.7 Å². The number of carboxylic acid groups (broad SMARTS) is 1. The second-order valence-corrected chi connectivity index (χ2v) is 6.31. The van der Waals surface area contributed by atoms with Crippen LogP contribution in [0.5, 0.6) is 0 Å². The quantitative estimate of drug-likeness (QED) is 0.597. The van der Waals surface area contributed by atoms with Gasteiger partial charge in [-0.1, -0.05) is 54.1 Å². The largest absolute Gasteiger partial charge is 0.477 e. The van der Waals surface area contributed by atoms with Gasteiger partial charge in [-0.3, -0.25) is 4.79 Å². The minimum absolute atomic E-state index is 0.235. The summed E-state index contributed by atoms with van der Waals surface area (Å²) in [7, 11) is 0. The fourth-order valence-electron chi connectivity index (χ4n) is 2.62. The molecule has 6 heteroatoms. The number of benzene rings is 3. The highest BCUT2D eigenvalue weighted by molar-refractivity contribution is 6.33. The van der Waals surface area contributed by atoms with Gasteiger partial charge in [-0.2, -0.15) is 0 Å². The van der Waals surface area contributed by atoms with E-state index in [9.17, 15) is 19.1 Å². The number of carboxylic acids is 1. The molecule has 0 radical (unpaired) electrons. The van der Waals surface area contributed by atoms with Crippen LogP contribution >= 0.6 is 11.6 Å². The van der Waals surface area contributed by atoms with Gasteiger partial charge in [0.05, 0.1) is 0 Å². The van der Waals surface area contributed by atoms with Crippen LogP contribution in [-0.4, -0.2) is 17.0 Å². The molecule has 140 valence electrons. The van der Waals surface area contributed by atoms with Crippen LogP contribution in [-0.2, 0) is 4.79 Å². The molecule has 3 rings (SSSR count). The van der Waals surface area contributed by atoms with Gasteiger partial charge < -0.3 is 10.4 Å². The fourth-order valence-corrected chi connectivity index (χ4v) is 2.86. The summed E-state index contributed by atoms with van der Waals surface area (Å²) in [5, 5.41) is 12.2. The standard InChI is InChI=1S/C22H15ClFNO3/c23-18-9-5-4-8-16(18)17-12-14(10-11-19(17)24)13-20(22(27)28)25-21(26)15-6-2-1-3-7-15/h1-13H,(H,25,26)(H,27,28)/b20-13-. The Morgan fingerprint density at radius 2 is 1.61 bits per heavy atom. The lowest BCUT2D eigenvalue weighted by Crippen LogP contribution is -2.27. The Morgan fingerprint density at radius 3 is 2.29 bits per heavy atom. The van der Waals surface area contributed by atoms with E-state index < -0.39 is 17.7 Å². The number of hydrogen-bond acceptors (Lipinski definition) is 2. The third-order valence-corrected chi connectivity index (χ3v) is 4.31. The first kappa shape index (κ1) is 19.3. The van der Waals surface area contributed by atoms with Crippen LogP contribution in [0.3, 0.4) is 0 Å². The summed E-state index contributed by atoms with van der Waals surface area (Å²) in [5.41, 5.74) is 1.12. The molecule has 4 nitrogen and oxygen atoms in total. The molecule has 0 aliphatic carbocycles. The van der Waals surface area contributed by atoms with Crippen molar-refractivity contribution >= 4 is 29.6 Å². The molecule has 0 saturated carbocycles. The third kappa shape index (κ3) is 4.45. The van der Waals surface area contributed by atoms with Crippen LogP contribution in [0.4, 0.5) is 4.39 Å². The van der Waals surface area contributed by atoms with E-state index in [2.05, 4.69) is 5.32 Å². The number of amides is 1. The number of rotatable bonds is 5. The van der Waals surface area contributed by atoms with Gasteiger partial charge in [0.15, 0.2) is 0 Å². The Bertz CT molecular complexity index is 1060. The van der Waals surface area contributed by atoms with Crippen molar-refractivity contribution in [1.82, 2.24) is 5.32 Å². The summed E-state index contributed by atoms with van der Waals surface area (Å²) in [4.78, 5) is 23.8. The van der Waals surface area contributed by atoms with Gasteiger partial charge >= 0.3 is 5.97 Å². The van der Waals surface area contributed by atoms with Crippen molar-refractivity contribution in [2.24, 2.45) is 0 Å². The zero-order chi connectivity index (χ0) is 20.1. The topological polar surface area (TPSA) is 66.4 Å². The van der Waals surface area contributed by atoms with Crippen LogP contribution in [0, 0.1) is 5.82 Å². The highest BCUT2D eigenvalue weighted by Crippen LogP contribution is 2.30. The van der Waals surface area contributed by atoms with E-state index >= 15 is 0 Å². The Kier molecular flexibility index (Phi) is 5.87. The number of halogens is 2. The van der Waals surface area contributed by atoms with E-state index in [-0.39, 0.29) is 11.3 Å². The first-order valence-electron chi connectivity index (χ1n) is 8.31. The maximum Gasteiger partial charge on any atom is 0.352 e. The monoisotopic (exact) mass is 395 g/mol. The van der Waals surface area contributed by atoms with E-state index in [0.29, 0.717) is 21.7 Å². The molecule has 2 N–H and O–H groups in total. The lowest BCUT2D eigenvalue weighted by Gasteiger charge is -2.09. The molecule has 0 heterocycles. The smallest absolute Gasteiger partial charge is 0.352 e. The van der Waals surface area contributed by atoms with Crippen molar-refractivity contribution < 1.29 is 19.1 Å². The van der Waals surface area contributed by atoms with Crippen molar-refractivity contribution in [3.8, 4) is 11.1 Å². The van der Waals surface area contributed by atoms with Crippen LogP contribution in [0.2, 0.25) is 5.02 Å². The zero-order valence-electron chi connectivity index (χ0n) is 14.5. The minimum Gasteiger partial charge on any atom is -0.477 e. The number of carbonyl (C=O) groups is 2. The van der Waals surface area contributed by atoms with E-state index in [1.54, 1.807) is 54.6 Å². The molecule has 0 bridgehead atoms. The molecule has 0 aromatic heterocycles. The first-order chi connectivity index (χ1) is 13.5. The predicted molar refractivity (Wildman–Crippen MR) is 106 cm³/mol. The molecule has 1 amide bonds. The molecular weight excluding hydrogens is 381 g/mol. The molecule has 3 aromatic carbocycles. The van der Waals surface area contributed by atoms with Crippen LogP contribution in [0.25, 0.3) is 17.2 Å². The Morgan fingerprint density at radius 1 is 0.929 bits per heavy atom. The van der Waals surface area contributed by atoms with Crippen molar-refractivity contribution in [2.45, 2.75) is 0 Å². The molecule has 0 aliphatic heterocycles. The van der Waals surface area contributed by atoms with Crippen LogP contribution in [0.1, 0.15) is 15.9 Å². The normalized spacial score (nSPS) is 11.1. The van der Waals surface area contributed by atoms with Gasteiger partial charge in [-0.05, 0) is 42.0 Å². The Balaban J connectivity index is 1.96. The van der Waals surface area contributed by atoms with Gasteiger partial charge in [0.1, 0.15) is 11.5 Å². The van der Waals surface area contributed by atoms with Crippen LogP contribution in [0.15, 0.2) is 78.5 Å². The van der Waals surface area contributed by atoms with Crippen molar-refractivity contribution in [3.63, 3.8) is 0 Å². The second kappa shape index (κ2) is 8.50. The van der Waals surface area contributed by atoms with Gasteiger partial charge in [0.2, 0.25) is 0 Å². The Labute approximate surface area is 165 Å². The summed E-state index contributed by atoms with van der Waals surface area (Å²) in [6, 6.07) is 19.1. The highest BCUT2D eigenvalue weighted by Gasteiger charge is 2.14. The first-order valence-corrected chi connectivity index (χ1v) is 8.69. The molecule has 0 unspecified atom stereocenters. The molecule has 0 fully saturated rings. The third-order valence-electron chi connectivity index (χ3n) is 3.98. The van der Waals surface area contributed by atoms with Gasteiger partial charge in [0.25, 0.3) is 5.91 Å². The molecule has 0 saturated heterocycles. The summed E-state index contributed by atoms with van der Waals surface area (Å²) < 4.78 is 14.3. The summed E-state index contributed by atoms with van der Waals surface area (Å²) in [6.07, 6.45) is 1.27. The predicted octanol–water partition coefficient (Wildman–Crippen LogP) is 5.00. The maximum atomic E-state index is 14.3. The van der Waals surface area contributed by atoms with E-state index in [4.69, 9.17) is 11.6 Å². The minimum atomic E-state index is -1.31. The van der Waals surface area contributed by atoms with Gasteiger partial charge in [-0.15, -0.1) is 0 Å². The highest BCUT2D eigenvalue weighted by atomic mass is 35.5. The molecule has 0 atom stereocenters. The van der Waals surface area contributed by atoms with Crippen molar-refractivity contribution in [2.75, 3.05) is 0 Å². The number of nitrogens with one attached hydrogen (secondary N) is 1. The lowest BCUT2D eigenvalue weighted by molar-refractivity contribution is -0.132. The second-order valence-electron chi connectivity index (χ2n) is 5.90. The van der Waals surface area contributed by atoms with E-state index in [1.165, 1.54) is 24.3 Å². The fraction of sp³-hybridized carbons (Fsp3) is 0. The average molecular weight is 396 g/mol. The maximum absolute atomic E-state index is 14.3. The number of carbonyl (C=O) groups excluding carboxylic acids is 1. The molecular formula is C22H15ClFNO3. The summed E-state index contributed by atoms with van der Waals surface area (Å²) in [6.45, 7) is 0. The molecule has 3 aromatic rings. The Hall–Kier alpha value is -3.44. The average Bonchev–Trinajstić information content (AvgIpc) is 2.70. The molecule has 0 aliphatic rings. The van der Waals surface area contributed by atoms with Crippen molar-refractivity contribution in [3.05, 3.63) is 100 Å². The van der Waals surface area contributed by atoms with E-state index in [0.717, 1.165) is 0 Å². The van der Waals surface area contributed by atoms with Gasteiger partial charge in [-0.25, -0.2) is 9.18 Å². The number of hydrogen-bond donors (Lipinski definition) is 2. The number of aliphatic carboxylic acids is 1. The summed E-state index contributed by atoms with van der Waals surface area (Å²) >= 11 is 6.14. The van der Waals surface area contributed by atoms with Crippen LogP contribution < -0.4 is 5.32 Å². The molecule has 28 heavy (non-hydrogen) atoms. The molecule has 0 spiro atoms. The summed E-state index contributed by atoms with van der Waals surface area (Å²) in [5.74, 6) is -2.36. The lowest BCUT2D eigenvalue weighted by atomic mass is 10.0. The zero-order valence-corrected chi connectivity index (χ0v) is 15.3.